The number of benzene rings is 7. The molecule has 5 aliphatic rings. The van der Waals surface area contributed by atoms with Gasteiger partial charge in [-0.05, 0) is 139 Å². The first-order chi connectivity index (χ1) is 27.2. The average molecular weight is 709 g/mol. The summed E-state index contributed by atoms with van der Waals surface area (Å²) in [5, 5.41) is 4.85. The van der Waals surface area contributed by atoms with Gasteiger partial charge in [-0.25, -0.2) is 0 Å². The van der Waals surface area contributed by atoms with Crippen molar-refractivity contribution in [3.05, 3.63) is 169 Å². The van der Waals surface area contributed by atoms with Gasteiger partial charge in [-0.3, -0.25) is 0 Å². The lowest BCUT2D eigenvalue weighted by Gasteiger charge is -2.61. The van der Waals surface area contributed by atoms with Crippen LogP contribution in [0.15, 0.2) is 162 Å². The molecule has 0 saturated heterocycles. The second-order valence-electron chi connectivity index (χ2n) is 16.9. The van der Waals surface area contributed by atoms with E-state index < -0.39 is 0 Å². The lowest BCUT2D eigenvalue weighted by Crippen LogP contribution is -2.55. The zero-order valence-electron chi connectivity index (χ0n) is 30.7. The summed E-state index contributed by atoms with van der Waals surface area (Å²) < 4.78 is 8.77. The fourth-order valence-electron chi connectivity index (χ4n) is 12.6. The van der Waals surface area contributed by atoms with E-state index in [1.807, 2.05) is 0 Å². The molecule has 2 heterocycles. The van der Waals surface area contributed by atoms with Crippen LogP contribution in [-0.2, 0) is 5.41 Å². The van der Waals surface area contributed by atoms with Crippen LogP contribution in [0.1, 0.15) is 43.2 Å². The van der Waals surface area contributed by atoms with E-state index in [0.29, 0.717) is 11.8 Å². The Balaban J connectivity index is 1.04. The molecule has 3 nitrogen and oxygen atoms in total. The van der Waals surface area contributed by atoms with Crippen molar-refractivity contribution in [2.45, 2.75) is 37.5 Å². The van der Waals surface area contributed by atoms with Crippen LogP contribution in [0.25, 0.3) is 60.6 Å². The van der Waals surface area contributed by atoms with Crippen LogP contribution in [0.4, 0.5) is 17.1 Å². The molecule has 0 N–H and O–H groups in total. The monoisotopic (exact) mass is 708 g/mol. The van der Waals surface area contributed by atoms with Crippen LogP contribution in [0.3, 0.4) is 0 Å². The topological polar surface area (TPSA) is 21.3 Å². The molecular weight excluding hydrogens is 669 g/mol. The van der Waals surface area contributed by atoms with Gasteiger partial charge in [0.05, 0.1) is 16.7 Å². The molecule has 0 radical (unpaired) electrons. The highest BCUT2D eigenvalue weighted by atomic mass is 16.3. The van der Waals surface area contributed by atoms with E-state index >= 15 is 0 Å². The molecule has 0 unspecified atom stereocenters. The molecule has 4 bridgehead atoms. The number of fused-ring (bicyclic) bond motifs is 9. The van der Waals surface area contributed by atoms with Gasteiger partial charge in [0.25, 0.3) is 0 Å². The van der Waals surface area contributed by atoms with Crippen LogP contribution in [-0.4, -0.2) is 4.57 Å². The molecule has 3 heteroatoms. The summed E-state index contributed by atoms with van der Waals surface area (Å²) in [4.78, 5) is 2.53. The highest BCUT2D eigenvalue weighted by molar-refractivity contribution is 6.10. The summed E-state index contributed by atoms with van der Waals surface area (Å²) in [6, 6.07) is 58.8. The normalized spacial score (nSPS) is 23.3. The molecule has 0 aliphatic heterocycles. The number of hydrogen-bond donors (Lipinski definition) is 0. The summed E-state index contributed by atoms with van der Waals surface area (Å²) in [6.45, 7) is 0. The Morgan fingerprint density at radius 1 is 0.491 bits per heavy atom. The molecule has 1 spiro atoms. The zero-order chi connectivity index (χ0) is 35.8. The highest BCUT2D eigenvalue weighted by Gasteiger charge is 2.61. The predicted molar refractivity (Wildman–Crippen MR) is 226 cm³/mol. The molecule has 0 atom stereocenters. The molecule has 4 saturated carbocycles. The number of para-hydroxylation sites is 3. The van der Waals surface area contributed by atoms with Crippen LogP contribution < -0.4 is 4.90 Å². The number of rotatable bonds is 4. The molecule has 4 fully saturated rings. The molecule has 0 amide bonds. The molecule has 264 valence electrons. The molecule has 7 aromatic carbocycles. The van der Waals surface area contributed by atoms with E-state index in [9.17, 15) is 0 Å². The van der Waals surface area contributed by atoms with Gasteiger partial charge in [0.2, 0.25) is 0 Å². The maximum absolute atomic E-state index is 6.35. The van der Waals surface area contributed by atoms with Crippen LogP contribution in [0.5, 0.6) is 0 Å². The Morgan fingerprint density at radius 2 is 1.09 bits per heavy atom. The van der Waals surface area contributed by atoms with Crippen molar-refractivity contribution in [2.75, 3.05) is 4.90 Å². The van der Waals surface area contributed by atoms with Gasteiger partial charge in [-0.2, -0.15) is 0 Å². The average Bonchev–Trinajstić information content (AvgIpc) is 3.87. The molecule has 14 rings (SSSR count). The van der Waals surface area contributed by atoms with Crippen LogP contribution in [0, 0.1) is 23.7 Å². The van der Waals surface area contributed by atoms with Crippen molar-refractivity contribution >= 4 is 60.8 Å². The molecule has 9 aromatic rings. The summed E-state index contributed by atoms with van der Waals surface area (Å²) >= 11 is 0. The Kier molecular flexibility index (Phi) is 6.06. The van der Waals surface area contributed by atoms with E-state index in [1.54, 1.807) is 11.1 Å². The van der Waals surface area contributed by atoms with E-state index in [0.717, 1.165) is 50.8 Å². The largest absolute Gasteiger partial charge is 0.456 e. The van der Waals surface area contributed by atoms with Crippen molar-refractivity contribution in [2.24, 2.45) is 23.7 Å². The second kappa shape index (κ2) is 11.0. The van der Waals surface area contributed by atoms with Crippen molar-refractivity contribution in [1.29, 1.82) is 0 Å². The molecule has 2 aromatic heterocycles. The first kappa shape index (κ1) is 30.3. The minimum absolute atomic E-state index is 0.103. The minimum Gasteiger partial charge on any atom is -0.456 e. The van der Waals surface area contributed by atoms with Gasteiger partial charge in [0.15, 0.2) is 0 Å². The van der Waals surface area contributed by atoms with E-state index in [4.69, 9.17) is 4.42 Å². The predicted octanol–water partition coefficient (Wildman–Crippen LogP) is 13.9. The van der Waals surface area contributed by atoms with Gasteiger partial charge >= 0.3 is 0 Å². The summed E-state index contributed by atoms with van der Waals surface area (Å²) in [5.41, 5.74) is 15.1. The molecular formula is C52H40N2O. The van der Waals surface area contributed by atoms with E-state index in [2.05, 4.69) is 167 Å². The van der Waals surface area contributed by atoms with Gasteiger partial charge in [0, 0.05) is 49.6 Å². The third-order valence-corrected chi connectivity index (χ3v) is 14.4. The number of furan rings is 1. The highest BCUT2D eigenvalue weighted by Crippen LogP contribution is 2.70. The Morgan fingerprint density at radius 3 is 1.84 bits per heavy atom. The zero-order valence-corrected chi connectivity index (χ0v) is 30.7. The molecule has 55 heavy (non-hydrogen) atoms. The number of anilines is 3. The van der Waals surface area contributed by atoms with E-state index in [-0.39, 0.29) is 5.41 Å². The Labute approximate surface area is 320 Å². The lowest BCUT2D eigenvalue weighted by molar-refractivity contribution is -0.0399. The molecule has 5 aliphatic carbocycles. The quantitative estimate of drug-likeness (QED) is 0.181. The number of aromatic nitrogens is 1. The second-order valence-corrected chi connectivity index (χ2v) is 16.9. The summed E-state index contributed by atoms with van der Waals surface area (Å²) in [7, 11) is 0. The van der Waals surface area contributed by atoms with Gasteiger partial charge in [-0.15, -0.1) is 0 Å². The van der Waals surface area contributed by atoms with E-state index in [1.165, 1.54) is 70.7 Å². The summed E-state index contributed by atoms with van der Waals surface area (Å²) in [6.07, 6.45) is 6.97. The lowest BCUT2D eigenvalue weighted by atomic mass is 9.43. The number of hydrogen-bond acceptors (Lipinski definition) is 2. The van der Waals surface area contributed by atoms with Crippen molar-refractivity contribution in [1.82, 2.24) is 4.57 Å². The first-order valence-corrected chi connectivity index (χ1v) is 20.3. The maximum Gasteiger partial charge on any atom is 0.135 e. The van der Waals surface area contributed by atoms with Crippen LogP contribution in [0.2, 0.25) is 0 Å². The van der Waals surface area contributed by atoms with Crippen molar-refractivity contribution < 1.29 is 4.42 Å². The maximum atomic E-state index is 6.35. The number of nitrogens with zero attached hydrogens (tertiary/aromatic N) is 2. The third kappa shape index (κ3) is 4.01. The smallest absolute Gasteiger partial charge is 0.135 e. The first-order valence-electron chi connectivity index (χ1n) is 20.3. The van der Waals surface area contributed by atoms with Crippen molar-refractivity contribution in [3.8, 4) is 16.8 Å². The van der Waals surface area contributed by atoms with Gasteiger partial charge in [0.1, 0.15) is 11.2 Å². The Bertz CT molecular complexity index is 2940. The minimum atomic E-state index is 0.103. The van der Waals surface area contributed by atoms with Crippen LogP contribution >= 0.6 is 0 Å². The Hall–Kier alpha value is -6.06. The fraction of sp³-hybridized carbons (Fsp3) is 0.192. The van der Waals surface area contributed by atoms with Gasteiger partial charge < -0.3 is 13.9 Å². The standard InChI is InChI=1S/C52H40N2O/c1-5-14-44-42(13-1)51-45(52(44)34-27-32-26-33(29-34)30-35(52)28-32)15-9-18-48(51)53(38-24-25-50-43(31-38)41-12-4-8-19-49(41)55-50)36-20-22-37(23-21-36)54-46-16-6-2-10-39(46)40-11-3-7-17-47(40)54/h1-25,31-35H,26-30H2. The van der Waals surface area contributed by atoms with Gasteiger partial charge in [-0.1, -0.05) is 91.0 Å². The SMILES string of the molecule is c1ccc2c(c1)-c1c(N(c3ccc(-n4c5ccccc5c5ccccc54)cc3)c3ccc4oc5ccccc5c4c3)cccc1C21C2CC3CC(C2)CC1C3. The third-order valence-electron chi connectivity index (χ3n) is 14.4. The fourth-order valence-corrected chi connectivity index (χ4v) is 12.6. The van der Waals surface area contributed by atoms with Crippen molar-refractivity contribution in [3.63, 3.8) is 0 Å². The summed E-state index contributed by atoms with van der Waals surface area (Å²) in [5.74, 6) is 3.25.